The number of hydrogen-bond acceptors (Lipinski definition) is 3. The smallest absolute Gasteiger partial charge is 0.311 e. The van der Waals surface area contributed by atoms with Gasteiger partial charge in [-0.15, -0.1) is 0 Å². The van der Waals surface area contributed by atoms with Crippen LogP contribution in [0.15, 0.2) is 11.8 Å². The molecule has 0 aliphatic rings. The highest BCUT2D eigenvalue weighted by Gasteiger charge is 2.42. The Balaban J connectivity index is 4.92. The molecule has 0 spiro atoms. The highest BCUT2D eigenvalue weighted by molar-refractivity contribution is 6.90. The number of rotatable bonds is 6. The van der Waals surface area contributed by atoms with Crippen LogP contribution in [0.2, 0.25) is 45.8 Å². The summed E-state index contributed by atoms with van der Waals surface area (Å²) in [6, 6.07) is 0. The van der Waals surface area contributed by atoms with Crippen LogP contribution in [0.5, 0.6) is 0 Å². The molecule has 0 aromatic rings. The summed E-state index contributed by atoms with van der Waals surface area (Å²) < 4.78 is 12.5. The molecule has 18 heavy (non-hydrogen) atoms. The van der Waals surface area contributed by atoms with Gasteiger partial charge < -0.3 is 13.3 Å². The molecule has 0 saturated heterocycles. The summed E-state index contributed by atoms with van der Waals surface area (Å²) >= 11 is 0. The fourth-order valence-corrected chi connectivity index (χ4v) is 15.5. The molecular formula is C12H30O3Si3. The van der Waals surface area contributed by atoms with Gasteiger partial charge in [0.1, 0.15) is 0 Å². The fourth-order valence-electron chi connectivity index (χ4n) is 2.17. The first-order valence-corrected chi connectivity index (χ1v) is 15.5. The lowest BCUT2D eigenvalue weighted by Gasteiger charge is -2.40. The topological polar surface area (TPSA) is 38.7 Å². The third-order valence-electron chi connectivity index (χ3n) is 2.52. The van der Waals surface area contributed by atoms with Gasteiger partial charge in [-0.25, -0.2) is 0 Å². The highest BCUT2D eigenvalue weighted by Crippen LogP contribution is 2.29. The minimum Gasteiger partial charge on any atom is -0.437 e. The van der Waals surface area contributed by atoms with E-state index in [-0.39, 0.29) is 0 Å². The number of hydrogen-bond donors (Lipinski definition) is 1. The van der Waals surface area contributed by atoms with Crippen LogP contribution in [0, 0.1) is 0 Å². The summed E-state index contributed by atoms with van der Waals surface area (Å²) in [7, 11) is -5.93. The predicted molar refractivity (Wildman–Crippen MR) is 85.9 cm³/mol. The summed E-state index contributed by atoms with van der Waals surface area (Å²) in [6.07, 6.45) is 0. The molecule has 0 aliphatic heterocycles. The molecule has 0 rings (SSSR count). The molecule has 108 valence electrons. The third-order valence-corrected chi connectivity index (χ3v) is 13.0. The Hall–Kier alpha value is 0.271. The van der Waals surface area contributed by atoms with Crippen LogP contribution in [0.25, 0.3) is 0 Å². The zero-order valence-corrected chi connectivity index (χ0v) is 16.5. The van der Waals surface area contributed by atoms with Crippen LogP contribution in [-0.2, 0) is 8.23 Å². The lowest BCUT2D eigenvalue weighted by molar-refractivity contribution is 0.125. The van der Waals surface area contributed by atoms with Crippen LogP contribution in [0.3, 0.4) is 0 Å². The zero-order chi connectivity index (χ0) is 15.0. The summed E-state index contributed by atoms with van der Waals surface area (Å²) in [5, 5.41) is 10.9. The van der Waals surface area contributed by atoms with Crippen LogP contribution in [0.4, 0.5) is 0 Å². The Kier molecular flexibility index (Phi) is 5.42. The van der Waals surface area contributed by atoms with E-state index in [2.05, 4.69) is 52.4 Å². The molecule has 0 bridgehead atoms. The first kappa shape index (κ1) is 18.3. The van der Waals surface area contributed by atoms with E-state index in [1.165, 1.54) is 0 Å². The summed E-state index contributed by atoms with van der Waals surface area (Å²) in [5.41, 5.74) is -0.890. The molecule has 0 aliphatic carbocycles. The normalized spacial score (nSPS) is 14.8. The van der Waals surface area contributed by atoms with Crippen molar-refractivity contribution in [1.29, 1.82) is 0 Å². The molecule has 0 unspecified atom stereocenters. The molecular weight excluding hydrogens is 276 g/mol. The Morgan fingerprint density at radius 1 is 0.944 bits per heavy atom. The monoisotopic (exact) mass is 306 g/mol. The lowest BCUT2D eigenvalue weighted by Crippen LogP contribution is -2.54. The van der Waals surface area contributed by atoms with E-state index in [9.17, 15) is 5.11 Å². The van der Waals surface area contributed by atoms with Gasteiger partial charge in [-0.05, 0) is 64.9 Å². The molecule has 0 aromatic carbocycles. The molecule has 0 aromatic heterocycles. The summed E-state index contributed by atoms with van der Waals surface area (Å²) in [4.78, 5) is 0. The van der Waals surface area contributed by atoms with Crippen molar-refractivity contribution in [2.75, 3.05) is 0 Å². The second kappa shape index (κ2) is 5.34. The molecule has 0 fully saturated rings. The minimum atomic E-state index is -2.16. The van der Waals surface area contributed by atoms with Gasteiger partial charge in [-0.3, -0.25) is 0 Å². The van der Waals surface area contributed by atoms with Gasteiger partial charge in [0.15, 0.2) is 8.32 Å². The second-order valence-corrected chi connectivity index (χ2v) is 19.5. The molecule has 0 saturated carbocycles. The standard InChI is InChI=1S/C12H30O3Si3/c1-11(12(2,3)13)17(7,8)15-18(9,10)14-16(4,5)6/h13H,1H2,2-10H3. The van der Waals surface area contributed by atoms with Gasteiger partial charge in [0.25, 0.3) is 0 Å². The van der Waals surface area contributed by atoms with Crippen LogP contribution < -0.4 is 0 Å². The summed E-state index contributed by atoms with van der Waals surface area (Å²) in [6.45, 7) is 22.4. The third kappa shape index (κ3) is 6.44. The Morgan fingerprint density at radius 3 is 1.61 bits per heavy atom. The Bertz CT molecular complexity index is 312. The van der Waals surface area contributed by atoms with E-state index in [0.29, 0.717) is 0 Å². The minimum absolute atomic E-state index is 0.815. The molecule has 0 heterocycles. The van der Waals surface area contributed by atoms with Gasteiger partial charge in [-0.2, -0.15) is 0 Å². The van der Waals surface area contributed by atoms with Crippen LogP contribution >= 0.6 is 0 Å². The Labute approximate surface area is 116 Å². The molecule has 6 heteroatoms. The van der Waals surface area contributed by atoms with Gasteiger partial charge in [0.05, 0.1) is 5.60 Å². The van der Waals surface area contributed by atoms with E-state index in [1.807, 2.05) is 0 Å². The van der Waals surface area contributed by atoms with E-state index in [0.717, 1.165) is 5.20 Å². The maximum atomic E-state index is 10.1. The average molecular weight is 307 g/mol. The first-order valence-electron chi connectivity index (χ1n) is 6.39. The second-order valence-electron chi connectivity index (χ2n) is 7.26. The van der Waals surface area contributed by atoms with Gasteiger partial charge in [-0.1, -0.05) is 6.58 Å². The molecule has 1 N–H and O–H groups in total. The molecule has 0 amide bonds. The van der Waals surface area contributed by atoms with Crippen molar-refractivity contribution < 1.29 is 13.3 Å². The van der Waals surface area contributed by atoms with Gasteiger partial charge in [0.2, 0.25) is 8.32 Å². The van der Waals surface area contributed by atoms with E-state index >= 15 is 0 Å². The highest BCUT2D eigenvalue weighted by atomic mass is 28.5. The average Bonchev–Trinajstić information content (AvgIpc) is 1.93. The number of aliphatic hydroxyl groups is 1. The van der Waals surface area contributed by atoms with Crippen molar-refractivity contribution in [2.45, 2.75) is 65.3 Å². The van der Waals surface area contributed by atoms with Gasteiger partial charge in [0, 0.05) is 0 Å². The van der Waals surface area contributed by atoms with Crippen molar-refractivity contribution in [1.82, 2.24) is 0 Å². The van der Waals surface area contributed by atoms with Crippen LogP contribution in [-0.4, -0.2) is 35.9 Å². The van der Waals surface area contributed by atoms with Gasteiger partial charge >= 0.3 is 8.56 Å². The van der Waals surface area contributed by atoms with Crippen molar-refractivity contribution in [3.05, 3.63) is 11.8 Å². The fraction of sp³-hybridized carbons (Fsp3) is 0.833. The van der Waals surface area contributed by atoms with Crippen molar-refractivity contribution in [2.24, 2.45) is 0 Å². The SMILES string of the molecule is C=C(C(C)(C)O)[Si](C)(C)O[Si](C)(C)O[Si](C)(C)C. The summed E-state index contributed by atoms with van der Waals surface area (Å²) in [5.74, 6) is 0. The van der Waals surface area contributed by atoms with E-state index in [1.54, 1.807) is 13.8 Å². The zero-order valence-electron chi connectivity index (χ0n) is 13.5. The van der Waals surface area contributed by atoms with Crippen molar-refractivity contribution in [3.63, 3.8) is 0 Å². The van der Waals surface area contributed by atoms with E-state index < -0.39 is 30.8 Å². The van der Waals surface area contributed by atoms with Crippen molar-refractivity contribution >= 4 is 25.2 Å². The van der Waals surface area contributed by atoms with Crippen molar-refractivity contribution in [3.8, 4) is 0 Å². The molecule has 0 radical (unpaired) electrons. The molecule has 3 nitrogen and oxygen atoms in total. The van der Waals surface area contributed by atoms with Crippen LogP contribution in [0.1, 0.15) is 13.8 Å². The predicted octanol–water partition coefficient (Wildman–Crippen LogP) is 3.63. The maximum Gasteiger partial charge on any atom is 0.311 e. The first-order chi connectivity index (χ1) is 7.57. The lowest BCUT2D eigenvalue weighted by atomic mass is 10.1. The largest absolute Gasteiger partial charge is 0.437 e. The van der Waals surface area contributed by atoms with E-state index in [4.69, 9.17) is 8.23 Å². The quantitative estimate of drug-likeness (QED) is 0.762. The Morgan fingerprint density at radius 2 is 1.33 bits per heavy atom. The maximum absolute atomic E-state index is 10.1. The molecule has 0 atom stereocenters.